The Kier molecular flexibility index (Phi) is 4.89. The van der Waals surface area contributed by atoms with Crippen molar-refractivity contribution in [1.29, 1.82) is 0 Å². The SMILES string of the molecule is C/C(NC(=O)c1ccccc1)=C1\C(=O)c2ccccc2S(=O)(=O)N1C(C)C. The van der Waals surface area contributed by atoms with Gasteiger partial charge in [-0.15, -0.1) is 0 Å². The first-order valence-corrected chi connectivity index (χ1v) is 9.94. The number of amides is 1. The van der Waals surface area contributed by atoms with Crippen LogP contribution in [-0.2, 0) is 10.0 Å². The maximum atomic E-state index is 13.1. The number of carbonyl (C=O) groups excluding carboxylic acids is 2. The van der Waals surface area contributed by atoms with Gasteiger partial charge in [-0.2, -0.15) is 0 Å². The fourth-order valence-corrected chi connectivity index (χ4v) is 5.01. The van der Waals surface area contributed by atoms with Gasteiger partial charge in [-0.05, 0) is 45.0 Å². The first-order chi connectivity index (χ1) is 12.7. The third-order valence-corrected chi connectivity index (χ3v) is 6.30. The van der Waals surface area contributed by atoms with E-state index in [0.29, 0.717) is 5.56 Å². The number of Topliss-reactive ketones (excluding diaryl/α,β-unsaturated/α-hetero) is 1. The van der Waals surface area contributed by atoms with Gasteiger partial charge < -0.3 is 5.32 Å². The monoisotopic (exact) mass is 384 g/mol. The molecule has 0 spiro atoms. The summed E-state index contributed by atoms with van der Waals surface area (Å²) in [7, 11) is -3.91. The summed E-state index contributed by atoms with van der Waals surface area (Å²) < 4.78 is 27.3. The standard InChI is InChI=1S/C20H20N2O4S/c1-13(2)22-18(14(3)21-20(24)15-9-5-4-6-10-15)19(23)16-11-7-8-12-17(16)27(22,25)26/h4-13H,1-3H3,(H,21,24)/b18-14-. The molecule has 6 nitrogen and oxygen atoms in total. The maximum absolute atomic E-state index is 13.1. The molecule has 0 unspecified atom stereocenters. The summed E-state index contributed by atoms with van der Waals surface area (Å²) in [5.41, 5.74) is 0.686. The molecule has 1 aliphatic rings. The van der Waals surface area contributed by atoms with Gasteiger partial charge in [-0.25, -0.2) is 8.42 Å². The van der Waals surface area contributed by atoms with Gasteiger partial charge in [0.05, 0.1) is 4.90 Å². The lowest BCUT2D eigenvalue weighted by Crippen LogP contribution is -2.45. The molecule has 1 heterocycles. The van der Waals surface area contributed by atoms with Gasteiger partial charge in [0.2, 0.25) is 5.78 Å². The molecule has 27 heavy (non-hydrogen) atoms. The van der Waals surface area contributed by atoms with Crippen LogP contribution >= 0.6 is 0 Å². The molecule has 0 saturated carbocycles. The van der Waals surface area contributed by atoms with E-state index in [1.54, 1.807) is 56.3 Å². The average Bonchev–Trinajstić information content (AvgIpc) is 2.64. The number of carbonyl (C=O) groups is 2. The predicted molar refractivity (Wildman–Crippen MR) is 102 cm³/mol. The van der Waals surface area contributed by atoms with E-state index in [2.05, 4.69) is 5.32 Å². The third-order valence-electron chi connectivity index (χ3n) is 4.27. The molecule has 1 N–H and O–H groups in total. The molecular formula is C20H20N2O4S. The number of ketones is 1. The fraction of sp³-hybridized carbons (Fsp3) is 0.200. The predicted octanol–water partition coefficient (Wildman–Crippen LogP) is 2.94. The molecule has 0 atom stereocenters. The van der Waals surface area contributed by atoms with Crippen molar-refractivity contribution in [3.63, 3.8) is 0 Å². The van der Waals surface area contributed by atoms with Gasteiger partial charge in [0.15, 0.2) is 0 Å². The van der Waals surface area contributed by atoms with Crippen LogP contribution in [0, 0.1) is 0 Å². The molecule has 0 aromatic heterocycles. The van der Waals surface area contributed by atoms with Gasteiger partial charge in [-0.3, -0.25) is 13.9 Å². The van der Waals surface area contributed by atoms with E-state index in [9.17, 15) is 18.0 Å². The van der Waals surface area contributed by atoms with Crippen molar-refractivity contribution in [2.45, 2.75) is 31.7 Å². The number of allylic oxidation sites excluding steroid dienone is 2. The van der Waals surface area contributed by atoms with Gasteiger partial charge in [0.25, 0.3) is 15.9 Å². The number of nitrogens with one attached hydrogen (secondary N) is 1. The highest BCUT2D eigenvalue weighted by Crippen LogP contribution is 2.34. The summed E-state index contributed by atoms with van der Waals surface area (Å²) in [4.78, 5) is 25.5. The van der Waals surface area contributed by atoms with Crippen molar-refractivity contribution in [3.05, 3.63) is 77.1 Å². The van der Waals surface area contributed by atoms with E-state index >= 15 is 0 Å². The number of hydrogen-bond donors (Lipinski definition) is 1. The van der Waals surface area contributed by atoms with E-state index in [4.69, 9.17) is 0 Å². The largest absolute Gasteiger partial charge is 0.324 e. The van der Waals surface area contributed by atoms with Crippen molar-refractivity contribution in [1.82, 2.24) is 9.62 Å². The summed E-state index contributed by atoms with van der Waals surface area (Å²) >= 11 is 0. The van der Waals surface area contributed by atoms with Gasteiger partial charge in [-0.1, -0.05) is 30.3 Å². The van der Waals surface area contributed by atoms with Crippen LogP contribution in [-0.4, -0.2) is 30.5 Å². The van der Waals surface area contributed by atoms with Crippen LogP contribution in [0.25, 0.3) is 0 Å². The first-order valence-electron chi connectivity index (χ1n) is 8.50. The minimum atomic E-state index is -3.91. The highest BCUT2D eigenvalue weighted by Gasteiger charge is 2.41. The Bertz CT molecular complexity index is 1040. The van der Waals surface area contributed by atoms with Gasteiger partial charge in [0, 0.05) is 22.9 Å². The number of fused-ring (bicyclic) bond motifs is 1. The lowest BCUT2D eigenvalue weighted by molar-refractivity contribution is 0.0961. The Hall–Kier alpha value is -2.93. The molecule has 1 aliphatic heterocycles. The van der Waals surface area contributed by atoms with E-state index in [-0.39, 0.29) is 21.9 Å². The van der Waals surface area contributed by atoms with Crippen molar-refractivity contribution in [2.75, 3.05) is 0 Å². The second-order valence-corrected chi connectivity index (χ2v) is 8.30. The lowest BCUT2D eigenvalue weighted by atomic mass is 10.1. The molecule has 1 amide bonds. The molecule has 3 rings (SSSR count). The number of nitrogens with zero attached hydrogens (tertiary/aromatic N) is 1. The molecule has 0 aliphatic carbocycles. The molecule has 0 fully saturated rings. The van der Waals surface area contributed by atoms with Crippen LogP contribution < -0.4 is 5.32 Å². The Morgan fingerprint density at radius 1 is 1.00 bits per heavy atom. The smallest absolute Gasteiger partial charge is 0.265 e. The first kappa shape index (κ1) is 18.8. The van der Waals surface area contributed by atoms with Crippen LogP contribution in [0.3, 0.4) is 0 Å². The number of sulfonamides is 1. The Morgan fingerprint density at radius 3 is 2.22 bits per heavy atom. The lowest BCUT2D eigenvalue weighted by Gasteiger charge is -2.35. The normalized spacial score (nSPS) is 17.5. The molecular weight excluding hydrogens is 364 g/mol. The highest BCUT2D eigenvalue weighted by molar-refractivity contribution is 7.89. The zero-order chi connectivity index (χ0) is 19.8. The van der Waals surface area contributed by atoms with E-state index in [0.717, 1.165) is 4.31 Å². The minimum Gasteiger partial charge on any atom is -0.324 e. The van der Waals surface area contributed by atoms with Crippen LogP contribution in [0.2, 0.25) is 0 Å². The second kappa shape index (κ2) is 7.00. The maximum Gasteiger partial charge on any atom is 0.265 e. The van der Waals surface area contributed by atoms with Gasteiger partial charge in [0.1, 0.15) is 5.70 Å². The Balaban J connectivity index is 2.13. The van der Waals surface area contributed by atoms with Crippen molar-refractivity contribution in [2.24, 2.45) is 0 Å². The number of rotatable bonds is 3. The topological polar surface area (TPSA) is 83.5 Å². The quantitative estimate of drug-likeness (QED) is 0.825. The van der Waals surface area contributed by atoms with Crippen LogP contribution in [0.4, 0.5) is 0 Å². The van der Waals surface area contributed by atoms with Crippen molar-refractivity contribution >= 4 is 21.7 Å². The van der Waals surface area contributed by atoms with Crippen LogP contribution in [0.5, 0.6) is 0 Å². The summed E-state index contributed by atoms with van der Waals surface area (Å²) in [6.07, 6.45) is 0. The number of hydrogen-bond acceptors (Lipinski definition) is 4. The summed E-state index contributed by atoms with van der Waals surface area (Å²) in [6, 6.07) is 14.1. The van der Waals surface area contributed by atoms with Gasteiger partial charge >= 0.3 is 0 Å². The molecule has 140 valence electrons. The fourth-order valence-electron chi connectivity index (χ4n) is 3.10. The molecule has 0 saturated heterocycles. The molecule has 2 aromatic carbocycles. The zero-order valence-electron chi connectivity index (χ0n) is 15.3. The number of benzene rings is 2. The van der Waals surface area contributed by atoms with E-state index in [1.807, 2.05) is 0 Å². The average molecular weight is 384 g/mol. The minimum absolute atomic E-state index is 0.0189. The third kappa shape index (κ3) is 3.26. The zero-order valence-corrected chi connectivity index (χ0v) is 16.1. The second-order valence-electron chi connectivity index (χ2n) is 6.51. The Labute approximate surface area is 158 Å². The van der Waals surface area contributed by atoms with Crippen LogP contribution in [0.1, 0.15) is 41.5 Å². The summed E-state index contributed by atoms with van der Waals surface area (Å²) in [5, 5.41) is 2.66. The van der Waals surface area contributed by atoms with E-state index in [1.165, 1.54) is 19.1 Å². The molecule has 7 heteroatoms. The Morgan fingerprint density at radius 2 is 1.59 bits per heavy atom. The summed E-state index contributed by atoms with van der Waals surface area (Å²) in [6.45, 7) is 4.91. The highest BCUT2D eigenvalue weighted by atomic mass is 32.2. The van der Waals surface area contributed by atoms with Crippen molar-refractivity contribution in [3.8, 4) is 0 Å². The molecule has 0 radical (unpaired) electrons. The molecule has 0 bridgehead atoms. The molecule has 2 aromatic rings. The van der Waals surface area contributed by atoms with E-state index < -0.39 is 27.8 Å². The van der Waals surface area contributed by atoms with Crippen molar-refractivity contribution < 1.29 is 18.0 Å². The van der Waals surface area contributed by atoms with Crippen LogP contribution in [0.15, 0.2) is 70.9 Å². The summed E-state index contributed by atoms with van der Waals surface area (Å²) in [5.74, 6) is -0.839.